The Bertz CT molecular complexity index is 1400. The number of carbonyl (C=O) groups is 3. The van der Waals surface area contributed by atoms with Crippen LogP contribution in [-0.4, -0.2) is 83.2 Å². The third-order valence-corrected chi connectivity index (χ3v) is 9.36. The summed E-state index contributed by atoms with van der Waals surface area (Å²) in [4.78, 5) is 47.3. The number of methoxy groups -OCH3 is 1. The smallest absolute Gasteiger partial charge is 0.363 e. The number of amides is 2. The van der Waals surface area contributed by atoms with Crippen LogP contribution in [0.5, 0.6) is 5.75 Å². The van der Waals surface area contributed by atoms with Crippen LogP contribution < -0.4 is 10.1 Å². The van der Waals surface area contributed by atoms with Gasteiger partial charge in [-0.15, -0.1) is 11.3 Å². The molecule has 0 spiro atoms. The molecule has 16 heteroatoms. The van der Waals surface area contributed by atoms with Crippen molar-refractivity contribution in [1.29, 1.82) is 0 Å². The minimum absolute atomic E-state index is 0.0306. The first kappa shape index (κ1) is 38.2. The van der Waals surface area contributed by atoms with Crippen LogP contribution in [0.2, 0.25) is 0 Å². The number of benzene rings is 1. The third-order valence-electron chi connectivity index (χ3n) is 8.42. The lowest BCUT2D eigenvalue weighted by Crippen LogP contribution is -2.59. The number of piperidine rings is 1. The minimum atomic E-state index is -2.41. The van der Waals surface area contributed by atoms with Gasteiger partial charge in [0.25, 0.3) is 0 Å². The SMILES string of the molecule is CCC(C)C(NC(=O)[C@H]1CCCCN1C)C(=O)N(COC)[C@H](C[C@@H](O)c1nc(C(=O)Oc2c(F)c(F)c(F)c(F)c2F)cs1)C(C)C. The van der Waals surface area contributed by atoms with Crippen molar-refractivity contribution in [2.45, 2.75) is 84.0 Å². The molecule has 2 aromatic rings. The Morgan fingerprint density at radius 1 is 1.09 bits per heavy atom. The Morgan fingerprint density at radius 2 is 1.70 bits per heavy atom. The summed E-state index contributed by atoms with van der Waals surface area (Å²) in [7, 11) is 3.28. The van der Waals surface area contributed by atoms with Gasteiger partial charge in [0, 0.05) is 25.0 Å². The first-order valence-electron chi connectivity index (χ1n) is 15.3. The van der Waals surface area contributed by atoms with E-state index in [-0.39, 0.29) is 41.9 Å². The number of aliphatic hydroxyl groups excluding tert-OH is 1. The Hall–Kier alpha value is -3.21. The van der Waals surface area contributed by atoms with Crippen molar-refractivity contribution in [1.82, 2.24) is 20.1 Å². The maximum Gasteiger partial charge on any atom is 0.363 e. The number of likely N-dealkylation sites (N-methyl/N-ethyl adjacent to an activating group) is 1. The molecule has 2 N–H and O–H groups in total. The highest BCUT2D eigenvalue weighted by molar-refractivity contribution is 7.09. The van der Waals surface area contributed by atoms with E-state index in [0.717, 1.165) is 36.1 Å². The Morgan fingerprint density at radius 3 is 2.26 bits per heavy atom. The summed E-state index contributed by atoms with van der Waals surface area (Å²) in [5.74, 6) is -16.0. The molecule has 1 aliphatic heterocycles. The van der Waals surface area contributed by atoms with Crippen molar-refractivity contribution >= 4 is 29.1 Å². The van der Waals surface area contributed by atoms with Gasteiger partial charge in [-0.05, 0) is 38.3 Å². The summed E-state index contributed by atoms with van der Waals surface area (Å²) in [6.45, 7) is 8.05. The number of halogens is 5. The lowest BCUT2D eigenvalue weighted by molar-refractivity contribution is -0.148. The van der Waals surface area contributed by atoms with Gasteiger partial charge in [-0.3, -0.25) is 14.5 Å². The van der Waals surface area contributed by atoms with Gasteiger partial charge in [0.1, 0.15) is 23.9 Å². The lowest BCUT2D eigenvalue weighted by Gasteiger charge is -2.39. The van der Waals surface area contributed by atoms with E-state index in [4.69, 9.17) is 4.74 Å². The highest BCUT2D eigenvalue weighted by atomic mass is 32.1. The number of rotatable bonds is 14. The number of hydrogen-bond donors (Lipinski definition) is 2. The number of nitrogens with one attached hydrogen (secondary N) is 1. The van der Waals surface area contributed by atoms with Crippen LogP contribution in [0.3, 0.4) is 0 Å². The van der Waals surface area contributed by atoms with E-state index in [9.17, 15) is 41.4 Å². The van der Waals surface area contributed by atoms with Crippen LogP contribution in [0.1, 0.15) is 81.4 Å². The fraction of sp³-hybridized carbons (Fsp3) is 0.613. The molecule has 2 unspecified atom stereocenters. The van der Waals surface area contributed by atoms with E-state index < -0.39 is 70.6 Å². The molecule has 0 saturated carbocycles. The Kier molecular flexibility index (Phi) is 13.6. The van der Waals surface area contributed by atoms with Crippen molar-refractivity contribution in [2.75, 3.05) is 27.4 Å². The lowest BCUT2D eigenvalue weighted by atomic mass is 9.92. The molecule has 0 bridgehead atoms. The van der Waals surface area contributed by atoms with Crippen LogP contribution in [-0.2, 0) is 14.3 Å². The largest absolute Gasteiger partial charge is 0.415 e. The number of esters is 1. The van der Waals surface area contributed by atoms with E-state index in [1.807, 2.05) is 39.6 Å². The summed E-state index contributed by atoms with van der Waals surface area (Å²) in [5.41, 5.74) is -0.550. The van der Waals surface area contributed by atoms with Crippen LogP contribution in [0.25, 0.3) is 0 Å². The summed E-state index contributed by atoms with van der Waals surface area (Å²) >= 11 is 0.786. The zero-order valence-electron chi connectivity index (χ0n) is 27.1. The summed E-state index contributed by atoms with van der Waals surface area (Å²) in [6, 6.07) is -1.88. The maximum atomic E-state index is 14.1. The second-order valence-corrected chi connectivity index (χ2v) is 12.9. The number of aliphatic hydroxyl groups is 1. The Balaban J connectivity index is 1.81. The second kappa shape index (κ2) is 16.8. The van der Waals surface area contributed by atoms with Gasteiger partial charge < -0.3 is 24.8 Å². The molecule has 2 heterocycles. The van der Waals surface area contributed by atoms with Crippen LogP contribution >= 0.6 is 11.3 Å². The third kappa shape index (κ3) is 8.83. The van der Waals surface area contributed by atoms with Crippen molar-refractivity contribution in [3.8, 4) is 5.75 Å². The summed E-state index contributed by atoms with van der Waals surface area (Å²) < 4.78 is 78.3. The number of ether oxygens (including phenoxy) is 2. The van der Waals surface area contributed by atoms with Gasteiger partial charge in [-0.2, -0.15) is 8.78 Å². The first-order chi connectivity index (χ1) is 22.1. The quantitative estimate of drug-likeness (QED) is 0.0713. The minimum Gasteiger partial charge on any atom is -0.415 e. The van der Waals surface area contributed by atoms with E-state index in [1.165, 1.54) is 12.0 Å². The predicted octanol–water partition coefficient (Wildman–Crippen LogP) is 4.95. The average Bonchev–Trinajstić information content (AvgIpc) is 3.55. The molecule has 262 valence electrons. The number of hydrogen-bond acceptors (Lipinski definition) is 9. The van der Waals surface area contributed by atoms with Crippen LogP contribution in [0.4, 0.5) is 22.0 Å². The normalized spacial score (nSPS) is 18.0. The molecule has 0 aliphatic carbocycles. The van der Waals surface area contributed by atoms with Gasteiger partial charge in [0.15, 0.2) is 5.69 Å². The topological polar surface area (TPSA) is 121 Å². The van der Waals surface area contributed by atoms with E-state index in [0.29, 0.717) is 12.8 Å². The fourth-order valence-corrected chi connectivity index (χ4v) is 6.21. The number of aromatic nitrogens is 1. The standard InChI is InChI=1S/C31H41F5N4O6S/c1-7-16(4)26(38-28(42)18-10-8-9-11-39(18)5)30(43)40(14-45-6)19(15(2)3)12-20(41)29-37-17(13-47-29)31(44)46-27-24(35)22(33)21(32)23(34)25(27)36/h13,15-16,18-20,26,41H,7-12,14H2,1-6H3,(H,38,42)/t16?,18-,19-,20-,26?/m1/s1. The molecule has 10 nitrogen and oxygen atoms in total. The molecule has 47 heavy (non-hydrogen) atoms. The molecular formula is C31H41F5N4O6S. The van der Waals surface area contributed by atoms with E-state index in [1.54, 1.807) is 0 Å². The molecule has 0 radical (unpaired) electrons. The van der Waals surface area contributed by atoms with E-state index in [2.05, 4.69) is 15.0 Å². The van der Waals surface area contributed by atoms with E-state index >= 15 is 0 Å². The molecule has 1 aromatic heterocycles. The van der Waals surface area contributed by atoms with Gasteiger partial charge in [-0.25, -0.2) is 22.9 Å². The first-order valence-corrected chi connectivity index (χ1v) is 16.2. The van der Waals surface area contributed by atoms with Gasteiger partial charge in [0.05, 0.1) is 6.04 Å². The molecule has 3 rings (SSSR count). The number of carbonyl (C=O) groups excluding carboxylic acids is 3. The fourth-order valence-electron chi connectivity index (χ4n) is 5.42. The molecule has 2 amide bonds. The second-order valence-electron chi connectivity index (χ2n) is 12.0. The van der Waals surface area contributed by atoms with Gasteiger partial charge >= 0.3 is 5.97 Å². The molecule has 1 aliphatic rings. The molecule has 1 saturated heterocycles. The number of likely N-dealkylation sites (tertiary alicyclic amines) is 1. The zero-order chi connectivity index (χ0) is 35.2. The van der Waals surface area contributed by atoms with Crippen molar-refractivity contribution in [2.24, 2.45) is 11.8 Å². The molecule has 5 atom stereocenters. The van der Waals surface area contributed by atoms with Crippen molar-refractivity contribution < 1.29 is 50.9 Å². The number of thiazole rings is 1. The maximum absolute atomic E-state index is 14.1. The molecule has 1 aromatic carbocycles. The van der Waals surface area contributed by atoms with Gasteiger partial charge in [0.2, 0.25) is 46.6 Å². The van der Waals surface area contributed by atoms with Crippen molar-refractivity contribution in [3.63, 3.8) is 0 Å². The zero-order valence-corrected chi connectivity index (χ0v) is 27.9. The van der Waals surface area contributed by atoms with Crippen LogP contribution in [0, 0.1) is 40.9 Å². The molecular weight excluding hydrogens is 651 g/mol. The molecule has 1 fully saturated rings. The van der Waals surface area contributed by atoms with Crippen LogP contribution in [0.15, 0.2) is 5.38 Å². The predicted molar refractivity (Wildman–Crippen MR) is 162 cm³/mol. The number of nitrogens with zero attached hydrogens (tertiary/aromatic N) is 3. The monoisotopic (exact) mass is 692 g/mol. The highest BCUT2D eigenvalue weighted by Gasteiger charge is 2.38. The summed E-state index contributed by atoms with van der Waals surface area (Å²) in [5, 5.41) is 15.2. The van der Waals surface area contributed by atoms with Gasteiger partial charge in [-0.1, -0.05) is 40.5 Å². The van der Waals surface area contributed by atoms with Crippen molar-refractivity contribution in [3.05, 3.63) is 45.2 Å². The average molecular weight is 693 g/mol. The Labute approximate surface area is 274 Å². The summed E-state index contributed by atoms with van der Waals surface area (Å²) in [6.07, 6.45) is 1.72. The highest BCUT2D eigenvalue weighted by Crippen LogP contribution is 2.32.